The molecular weight excluding hydrogens is 230 g/mol. The van der Waals surface area contributed by atoms with Gasteiger partial charge in [0, 0.05) is 24.2 Å². The van der Waals surface area contributed by atoms with Crippen molar-refractivity contribution >= 4 is 16.5 Å². The van der Waals surface area contributed by atoms with Crippen LogP contribution in [-0.4, -0.2) is 29.5 Å². The second-order valence-electron chi connectivity index (χ2n) is 4.33. The van der Waals surface area contributed by atoms with E-state index in [-0.39, 0.29) is 0 Å². The van der Waals surface area contributed by atoms with Gasteiger partial charge in [0.05, 0.1) is 0 Å². The molecule has 17 heavy (non-hydrogen) atoms. The largest absolute Gasteiger partial charge is 0.362 e. The van der Waals surface area contributed by atoms with Crippen molar-refractivity contribution < 1.29 is 0 Å². The summed E-state index contributed by atoms with van der Waals surface area (Å²) < 4.78 is 0. The number of hydrogen-bond acceptors (Lipinski definition) is 4. The van der Waals surface area contributed by atoms with E-state index >= 15 is 0 Å². The van der Waals surface area contributed by atoms with Gasteiger partial charge >= 0.3 is 0 Å². The zero-order valence-electron chi connectivity index (χ0n) is 11.3. The fourth-order valence-electron chi connectivity index (χ4n) is 1.82. The van der Waals surface area contributed by atoms with E-state index in [0.29, 0.717) is 0 Å². The molecule has 3 nitrogen and oxygen atoms in total. The number of aromatic nitrogens is 1. The highest BCUT2D eigenvalue weighted by molar-refractivity contribution is 7.15. The minimum absolute atomic E-state index is 1.01. The van der Waals surface area contributed by atoms with Crippen LogP contribution in [0.2, 0.25) is 0 Å². The van der Waals surface area contributed by atoms with Crippen molar-refractivity contribution in [2.45, 2.75) is 46.6 Å². The maximum atomic E-state index is 4.41. The molecule has 0 atom stereocenters. The predicted octanol–water partition coefficient (Wildman–Crippen LogP) is 3.59. The number of thiazole rings is 1. The first-order valence-electron chi connectivity index (χ1n) is 6.71. The van der Waals surface area contributed by atoms with Crippen LogP contribution in [0.25, 0.3) is 0 Å². The zero-order valence-corrected chi connectivity index (χ0v) is 12.1. The fourth-order valence-corrected chi connectivity index (χ4v) is 2.70. The highest BCUT2D eigenvalue weighted by atomic mass is 32.1. The first-order valence-corrected chi connectivity index (χ1v) is 7.52. The molecule has 1 N–H and O–H groups in total. The van der Waals surface area contributed by atoms with Crippen molar-refractivity contribution in [2.24, 2.45) is 0 Å². The second kappa shape index (κ2) is 8.48. The molecule has 1 rings (SSSR count). The lowest BCUT2D eigenvalue weighted by Gasteiger charge is -2.19. The van der Waals surface area contributed by atoms with E-state index in [1.54, 1.807) is 11.3 Å². The maximum Gasteiger partial charge on any atom is 0.182 e. The fraction of sp³-hybridized carbons (Fsp3) is 0.769. The lowest BCUT2D eigenvalue weighted by molar-refractivity contribution is 0.268. The summed E-state index contributed by atoms with van der Waals surface area (Å²) in [6, 6.07) is 0. The monoisotopic (exact) mass is 255 g/mol. The van der Waals surface area contributed by atoms with E-state index in [1.165, 1.54) is 30.8 Å². The topological polar surface area (TPSA) is 28.2 Å². The van der Waals surface area contributed by atoms with Crippen LogP contribution in [0.5, 0.6) is 0 Å². The van der Waals surface area contributed by atoms with Crippen LogP contribution in [0.4, 0.5) is 5.13 Å². The Balaban J connectivity index is 2.45. The van der Waals surface area contributed by atoms with Gasteiger partial charge in [0.2, 0.25) is 0 Å². The predicted molar refractivity (Wildman–Crippen MR) is 76.8 cm³/mol. The van der Waals surface area contributed by atoms with Crippen LogP contribution in [0.15, 0.2) is 6.20 Å². The summed E-state index contributed by atoms with van der Waals surface area (Å²) in [5.74, 6) is 0. The molecule has 1 aromatic heterocycles. The van der Waals surface area contributed by atoms with Crippen molar-refractivity contribution in [3.63, 3.8) is 0 Å². The van der Waals surface area contributed by atoms with E-state index in [1.807, 2.05) is 6.20 Å². The Kier molecular flexibility index (Phi) is 7.21. The summed E-state index contributed by atoms with van der Waals surface area (Å²) in [7, 11) is 0. The van der Waals surface area contributed by atoms with Gasteiger partial charge in [0.15, 0.2) is 5.13 Å². The van der Waals surface area contributed by atoms with Crippen LogP contribution in [0.3, 0.4) is 0 Å². The summed E-state index contributed by atoms with van der Waals surface area (Å²) in [6.45, 7) is 11.1. The van der Waals surface area contributed by atoms with Crippen molar-refractivity contribution in [1.82, 2.24) is 9.88 Å². The molecule has 0 spiro atoms. The molecule has 0 unspecified atom stereocenters. The van der Waals surface area contributed by atoms with Crippen molar-refractivity contribution in [1.29, 1.82) is 0 Å². The summed E-state index contributed by atoms with van der Waals surface area (Å²) in [5.41, 5.74) is 0. The maximum absolute atomic E-state index is 4.41. The van der Waals surface area contributed by atoms with Gasteiger partial charge in [-0.1, -0.05) is 20.8 Å². The smallest absolute Gasteiger partial charge is 0.182 e. The zero-order chi connectivity index (χ0) is 12.5. The lowest BCUT2D eigenvalue weighted by Crippen LogP contribution is -2.24. The summed E-state index contributed by atoms with van der Waals surface area (Å²) in [5, 5.41) is 4.41. The third-order valence-corrected chi connectivity index (χ3v) is 3.48. The van der Waals surface area contributed by atoms with E-state index in [2.05, 4.69) is 36.0 Å². The van der Waals surface area contributed by atoms with Crippen molar-refractivity contribution in [3.8, 4) is 0 Å². The molecule has 0 amide bonds. The van der Waals surface area contributed by atoms with Gasteiger partial charge in [-0.2, -0.15) is 0 Å². The van der Waals surface area contributed by atoms with Crippen LogP contribution < -0.4 is 5.32 Å². The number of nitrogens with one attached hydrogen (secondary N) is 1. The number of anilines is 1. The molecular formula is C13H25N3S. The number of nitrogens with zero attached hydrogens (tertiary/aromatic N) is 2. The molecule has 0 aliphatic rings. The van der Waals surface area contributed by atoms with Gasteiger partial charge in [-0.25, -0.2) is 4.98 Å². The quantitative estimate of drug-likeness (QED) is 0.731. The van der Waals surface area contributed by atoms with E-state index < -0.39 is 0 Å². The highest BCUT2D eigenvalue weighted by Crippen LogP contribution is 2.19. The van der Waals surface area contributed by atoms with Crippen LogP contribution in [0, 0.1) is 0 Å². The van der Waals surface area contributed by atoms with Crippen molar-refractivity contribution in [2.75, 3.05) is 25.0 Å². The molecule has 1 heterocycles. The molecule has 1 aromatic rings. The third-order valence-electron chi connectivity index (χ3n) is 2.54. The van der Waals surface area contributed by atoms with E-state index in [9.17, 15) is 0 Å². The Hall–Kier alpha value is -0.610. The second-order valence-corrected chi connectivity index (χ2v) is 5.45. The lowest BCUT2D eigenvalue weighted by atomic mass is 10.3. The molecule has 0 saturated carbocycles. The molecule has 0 saturated heterocycles. The van der Waals surface area contributed by atoms with Gasteiger partial charge in [-0.05, 0) is 32.4 Å². The van der Waals surface area contributed by atoms with Gasteiger partial charge in [-0.3, -0.25) is 4.90 Å². The molecule has 0 aromatic carbocycles. The highest BCUT2D eigenvalue weighted by Gasteiger charge is 2.07. The van der Waals surface area contributed by atoms with E-state index in [4.69, 9.17) is 0 Å². The normalized spacial score (nSPS) is 11.1. The molecule has 0 aliphatic carbocycles. The number of rotatable bonds is 9. The first-order chi connectivity index (χ1) is 8.30. The molecule has 0 aliphatic heterocycles. The Morgan fingerprint density at radius 1 is 1.18 bits per heavy atom. The van der Waals surface area contributed by atoms with Gasteiger partial charge in [0.1, 0.15) is 0 Å². The molecule has 0 bridgehead atoms. The average molecular weight is 255 g/mol. The SMILES string of the molecule is CCCNc1ncc(CN(CCC)CCC)s1. The minimum atomic E-state index is 1.01. The Labute approximate surface area is 109 Å². The van der Waals surface area contributed by atoms with Crippen LogP contribution in [0.1, 0.15) is 44.9 Å². The molecule has 0 fully saturated rings. The third kappa shape index (κ3) is 5.50. The van der Waals surface area contributed by atoms with Crippen LogP contribution in [-0.2, 0) is 6.54 Å². The van der Waals surface area contributed by atoms with Crippen molar-refractivity contribution in [3.05, 3.63) is 11.1 Å². The minimum Gasteiger partial charge on any atom is -0.362 e. The Bertz CT molecular complexity index is 293. The summed E-state index contributed by atoms with van der Waals surface area (Å²) in [4.78, 5) is 8.28. The standard InChI is InChI=1S/C13H25N3S/c1-4-7-14-13-15-10-12(17-13)11-16(8-5-2)9-6-3/h10H,4-9,11H2,1-3H3,(H,14,15). The molecule has 0 radical (unpaired) electrons. The van der Waals surface area contributed by atoms with E-state index in [0.717, 1.165) is 24.6 Å². The van der Waals surface area contributed by atoms with Gasteiger partial charge in [0.25, 0.3) is 0 Å². The molecule has 4 heteroatoms. The van der Waals surface area contributed by atoms with Crippen LogP contribution >= 0.6 is 11.3 Å². The van der Waals surface area contributed by atoms with Gasteiger partial charge < -0.3 is 5.32 Å². The first kappa shape index (κ1) is 14.5. The summed E-state index contributed by atoms with van der Waals surface area (Å²) >= 11 is 1.79. The average Bonchev–Trinajstić information content (AvgIpc) is 2.75. The Morgan fingerprint density at radius 3 is 2.47 bits per heavy atom. The van der Waals surface area contributed by atoms with Gasteiger partial charge in [-0.15, -0.1) is 11.3 Å². The number of hydrogen-bond donors (Lipinski definition) is 1. The summed E-state index contributed by atoms with van der Waals surface area (Å²) in [6.07, 6.45) is 5.60. The molecule has 98 valence electrons. The Morgan fingerprint density at radius 2 is 1.88 bits per heavy atom.